The molecule has 0 aliphatic rings. The molecule has 1 atom stereocenters. The Labute approximate surface area is 297 Å². The fourth-order valence-electron chi connectivity index (χ4n) is 5.13. The number of phenols is 1. The summed E-state index contributed by atoms with van der Waals surface area (Å²) in [7, 11) is -8.09. The minimum absolute atomic E-state index is 0.0553. The summed E-state index contributed by atoms with van der Waals surface area (Å²) in [5.41, 5.74) is 3.05. The van der Waals surface area contributed by atoms with E-state index in [9.17, 15) is 31.5 Å². The van der Waals surface area contributed by atoms with Crippen LogP contribution in [0.15, 0.2) is 131 Å². The van der Waals surface area contributed by atoms with Gasteiger partial charge in [-0.3, -0.25) is 14.2 Å². The van der Waals surface area contributed by atoms with Gasteiger partial charge in [0.05, 0.1) is 21.9 Å². The fraction of sp³-hybridized carbons (Fsp3) is 0.158. The largest absolute Gasteiger partial charge is 0.508 e. The summed E-state index contributed by atoms with van der Waals surface area (Å²) in [5.74, 6) is -1.49. The fourth-order valence-corrected chi connectivity index (χ4v) is 7.34. The first-order chi connectivity index (χ1) is 24.2. The molecule has 13 heteroatoms. The number of hydrogen-bond donors (Lipinski definition) is 3. The number of nitrogens with zero attached hydrogens (tertiary/aromatic N) is 1. The molecule has 0 aromatic heterocycles. The normalized spacial score (nSPS) is 12.1. The second-order valence-corrected chi connectivity index (χ2v) is 15.2. The Morgan fingerprint density at radius 2 is 1.18 bits per heavy atom. The monoisotopic (exact) mass is 727 g/mol. The van der Waals surface area contributed by atoms with E-state index in [2.05, 4.69) is 9.44 Å². The summed E-state index contributed by atoms with van der Waals surface area (Å²) in [4.78, 5) is 28.5. The predicted octanol–water partition coefficient (Wildman–Crippen LogP) is 6.67. The van der Waals surface area contributed by atoms with Crippen LogP contribution >= 0.6 is 0 Å². The molecule has 1 amide bonds. The van der Waals surface area contributed by atoms with Crippen molar-refractivity contribution in [1.82, 2.24) is 4.90 Å². The van der Waals surface area contributed by atoms with Gasteiger partial charge < -0.3 is 14.7 Å². The second kappa shape index (κ2) is 15.5. The molecule has 0 aliphatic carbocycles. The molecule has 0 saturated carbocycles. The molecule has 5 aromatic carbocycles. The van der Waals surface area contributed by atoms with E-state index in [1.807, 2.05) is 13.8 Å². The van der Waals surface area contributed by atoms with Crippen molar-refractivity contribution in [3.05, 3.63) is 149 Å². The number of benzene rings is 5. The van der Waals surface area contributed by atoms with Gasteiger partial charge in [0.15, 0.2) is 0 Å². The number of aryl methyl sites for hydroxylation is 2. The van der Waals surface area contributed by atoms with Crippen molar-refractivity contribution in [2.24, 2.45) is 0 Å². The number of hydrogen-bond acceptors (Lipinski definition) is 8. The van der Waals surface area contributed by atoms with E-state index in [4.69, 9.17) is 4.74 Å². The zero-order valence-electron chi connectivity index (χ0n) is 28.1. The Kier molecular flexibility index (Phi) is 11.1. The van der Waals surface area contributed by atoms with Crippen LogP contribution in [0.2, 0.25) is 0 Å². The third kappa shape index (κ3) is 9.32. The Hall–Kier alpha value is -5.66. The second-order valence-electron chi connectivity index (χ2n) is 11.8. The molecular formula is C38H37N3O8S2. The molecule has 0 radical (unpaired) electrons. The highest BCUT2D eigenvalue weighted by Crippen LogP contribution is 2.27. The Morgan fingerprint density at radius 3 is 1.69 bits per heavy atom. The number of carbonyl (C=O) groups is 2. The SMILES string of the molecule is CCN(CC(OC(=O)c1cccc(S(=O)(=O)Nc2ccc(C)cc2)c1)c1cccc(O)c1)C(=O)c1cccc(S(=O)(=O)Nc2ccc(C)cc2)c1. The van der Waals surface area contributed by atoms with E-state index in [0.29, 0.717) is 16.9 Å². The molecule has 0 spiro atoms. The molecular weight excluding hydrogens is 691 g/mol. The molecule has 0 fully saturated rings. The summed E-state index contributed by atoms with van der Waals surface area (Å²) < 4.78 is 63.6. The molecule has 264 valence electrons. The number of rotatable bonds is 13. The summed E-state index contributed by atoms with van der Waals surface area (Å²) >= 11 is 0. The zero-order valence-corrected chi connectivity index (χ0v) is 29.7. The van der Waals surface area contributed by atoms with Crippen molar-refractivity contribution in [3.63, 3.8) is 0 Å². The molecule has 11 nitrogen and oxygen atoms in total. The molecule has 0 aliphatic heterocycles. The number of ether oxygens (including phenoxy) is 1. The van der Waals surface area contributed by atoms with Gasteiger partial charge in [0.25, 0.3) is 26.0 Å². The van der Waals surface area contributed by atoms with E-state index >= 15 is 0 Å². The number of anilines is 2. The van der Waals surface area contributed by atoms with Crippen molar-refractivity contribution >= 4 is 43.3 Å². The van der Waals surface area contributed by atoms with Crippen LogP contribution in [0.4, 0.5) is 11.4 Å². The van der Waals surface area contributed by atoms with Crippen LogP contribution in [-0.4, -0.2) is 51.8 Å². The van der Waals surface area contributed by atoms with Crippen LogP contribution in [-0.2, 0) is 24.8 Å². The van der Waals surface area contributed by atoms with Crippen LogP contribution < -0.4 is 9.44 Å². The molecule has 5 aromatic rings. The van der Waals surface area contributed by atoms with Gasteiger partial charge in [0, 0.05) is 23.5 Å². The Balaban J connectivity index is 1.37. The smallest absolute Gasteiger partial charge is 0.338 e. The summed E-state index contributed by atoms with van der Waals surface area (Å²) in [6, 6.07) is 30.6. The average molecular weight is 728 g/mol. The quantitative estimate of drug-likeness (QED) is 0.113. The van der Waals surface area contributed by atoms with Crippen LogP contribution in [0, 0.1) is 13.8 Å². The minimum Gasteiger partial charge on any atom is -0.508 e. The van der Waals surface area contributed by atoms with E-state index in [0.717, 1.165) is 11.1 Å². The third-order valence-electron chi connectivity index (χ3n) is 7.93. The lowest BCUT2D eigenvalue weighted by atomic mass is 10.1. The number of amides is 1. The average Bonchev–Trinajstić information content (AvgIpc) is 3.11. The van der Waals surface area contributed by atoms with Gasteiger partial charge >= 0.3 is 5.97 Å². The lowest BCUT2D eigenvalue weighted by Gasteiger charge is -2.27. The van der Waals surface area contributed by atoms with Gasteiger partial charge in [-0.2, -0.15) is 0 Å². The van der Waals surface area contributed by atoms with Gasteiger partial charge in [0.1, 0.15) is 11.9 Å². The summed E-state index contributed by atoms with van der Waals surface area (Å²) in [6.07, 6.45) is -1.10. The summed E-state index contributed by atoms with van der Waals surface area (Å²) in [5, 5.41) is 10.2. The molecule has 3 N–H and O–H groups in total. The van der Waals surface area contributed by atoms with Gasteiger partial charge in [-0.25, -0.2) is 21.6 Å². The lowest BCUT2D eigenvalue weighted by molar-refractivity contribution is 0.0190. The van der Waals surface area contributed by atoms with Crippen molar-refractivity contribution in [1.29, 1.82) is 0 Å². The number of aromatic hydroxyl groups is 1. The summed E-state index contributed by atoms with van der Waals surface area (Å²) in [6.45, 7) is 5.46. The molecule has 0 bridgehead atoms. The van der Waals surface area contributed by atoms with E-state index in [-0.39, 0.29) is 39.8 Å². The van der Waals surface area contributed by atoms with Crippen molar-refractivity contribution < 1.29 is 36.3 Å². The molecule has 0 saturated heterocycles. The van der Waals surface area contributed by atoms with E-state index in [1.54, 1.807) is 67.6 Å². The topological polar surface area (TPSA) is 159 Å². The maximum atomic E-state index is 13.8. The number of phenolic OH excluding ortho intramolecular Hbond substituents is 1. The van der Waals surface area contributed by atoms with Crippen molar-refractivity contribution in [2.45, 2.75) is 36.7 Å². The number of nitrogens with one attached hydrogen (secondary N) is 2. The van der Waals surface area contributed by atoms with Crippen LogP contribution in [0.5, 0.6) is 5.75 Å². The van der Waals surface area contributed by atoms with Crippen molar-refractivity contribution in [3.8, 4) is 5.75 Å². The number of likely N-dealkylation sites (N-methyl/N-ethyl adjacent to an activating group) is 1. The number of sulfonamides is 2. The highest BCUT2D eigenvalue weighted by molar-refractivity contribution is 7.93. The van der Waals surface area contributed by atoms with E-state index in [1.165, 1.54) is 65.6 Å². The van der Waals surface area contributed by atoms with Gasteiger partial charge in [-0.15, -0.1) is 0 Å². The maximum absolute atomic E-state index is 13.8. The number of esters is 1. The lowest BCUT2D eigenvalue weighted by Crippen LogP contribution is -2.36. The van der Waals surface area contributed by atoms with Crippen LogP contribution in [0.1, 0.15) is 50.4 Å². The molecule has 1 unspecified atom stereocenters. The molecule has 0 heterocycles. The first kappa shape index (κ1) is 36.6. The van der Waals surface area contributed by atoms with Gasteiger partial charge in [-0.05, 0) is 99.1 Å². The minimum atomic E-state index is -4.06. The number of carbonyl (C=O) groups excluding carboxylic acids is 2. The standard InChI is InChI=1S/C38H37N3O8S2/c1-4-41(37(43)29-9-6-12-34(23-29)50(45,46)39-31-18-14-26(2)15-19-31)25-36(28-8-5-11-33(42)22-28)49-38(44)30-10-7-13-35(24-30)51(47,48)40-32-20-16-27(3)17-21-32/h5-24,36,39-40,42H,4,25H2,1-3H3. The maximum Gasteiger partial charge on any atom is 0.338 e. The zero-order chi connectivity index (χ0) is 36.8. The first-order valence-electron chi connectivity index (χ1n) is 15.9. The van der Waals surface area contributed by atoms with Gasteiger partial charge in [-0.1, -0.05) is 59.7 Å². The predicted molar refractivity (Wildman–Crippen MR) is 195 cm³/mol. The van der Waals surface area contributed by atoms with E-state index < -0.39 is 38.0 Å². The third-order valence-corrected chi connectivity index (χ3v) is 10.7. The molecule has 5 rings (SSSR count). The van der Waals surface area contributed by atoms with Crippen LogP contribution in [0.25, 0.3) is 0 Å². The van der Waals surface area contributed by atoms with Gasteiger partial charge in [0.2, 0.25) is 0 Å². The molecule has 51 heavy (non-hydrogen) atoms. The Morgan fingerprint density at radius 1 is 0.686 bits per heavy atom. The Bertz CT molecular complexity index is 2260. The first-order valence-corrected chi connectivity index (χ1v) is 18.9. The highest BCUT2D eigenvalue weighted by atomic mass is 32.2. The van der Waals surface area contributed by atoms with Crippen LogP contribution in [0.3, 0.4) is 0 Å². The highest BCUT2D eigenvalue weighted by Gasteiger charge is 2.26. The van der Waals surface area contributed by atoms with Crippen molar-refractivity contribution in [2.75, 3.05) is 22.5 Å².